The van der Waals surface area contributed by atoms with Gasteiger partial charge in [-0.05, 0) is 51.8 Å². The van der Waals surface area contributed by atoms with Crippen molar-refractivity contribution in [1.82, 2.24) is 10.2 Å². The average molecular weight is 307 g/mol. The Morgan fingerprint density at radius 1 is 1.23 bits per heavy atom. The fraction of sp³-hybridized carbons (Fsp3) is 0.500. The number of methoxy groups -OCH3 is 1. The van der Waals surface area contributed by atoms with Crippen LogP contribution in [0.2, 0.25) is 0 Å². The molecule has 0 heterocycles. The van der Waals surface area contributed by atoms with Gasteiger partial charge in [-0.1, -0.05) is 6.07 Å². The summed E-state index contributed by atoms with van der Waals surface area (Å²) < 4.78 is 4.65. The Balaban J connectivity index is 2.29. The molecule has 0 fully saturated rings. The summed E-state index contributed by atoms with van der Waals surface area (Å²) in [7, 11) is 5.40. The van der Waals surface area contributed by atoms with E-state index in [-0.39, 0.29) is 5.91 Å². The van der Waals surface area contributed by atoms with Crippen molar-refractivity contribution in [3.05, 3.63) is 29.8 Å². The van der Waals surface area contributed by atoms with Gasteiger partial charge in [-0.15, -0.1) is 0 Å². The first-order valence-electron chi connectivity index (χ1n) is 7.36. The molecule has 0 saturated carbocycles. The fourth-order valence-electron chi connectivity index (χ4n) is 1.91. The van der Waals surface area contributed by atoms with Crippen LogP contribution >= 0.6 is 0 Å². The number of ether oxygens (including phenoxy) is 1. The van der Waals surface area contributed by atoms with E-state index in [1.54, 1.807) is 24.3 Å². The van der Waals surface area contributed by atoms with Crippen LogP contribution < -0.4 is 10.6 Å². The van der Waals surface area contributed by atoms with Crippen LogP contribution in [0.1, 0.15) is 23.2 Å². The van der Waals surface area contributed by atoms with Crippen LogP contribution in [0.15, 0.2) is 24.3 Å². The number of benzene rings is 1. The van der Waals surface area contributed by atoms with Gasteiger partial charge in [-0.25, -0.2) is 4.79 Å². The van der Waals surface area contributed by atoms with Gasteiger partial charge >= 0.3 is 5.97 Å². The van der Waals surface area contributed by atoms with Crippen molar-refractivity contribution < 1.29 is 14.3 Å². The van der Waals surface area contributed by atoms with Gasteiger partial charge in [-0.3, -0.25) is 4.79 Å². The van der Waals surface area contributed by atoms with Crippen molar-refractivity contribution >= 4 is 17.6 Å². The minimum Gasteiger partial charge on any atom is -0.465 e. The molecule has 0 aliphatic rings. The maximum Gasteiger partial charge on any atom is 0.337 e. The smallest absolute Gasteiger partial charge is 0.337 e. The van der Waals surface area contributed by atoms with E-state index in [9.17, 15) is 9.59 Å². The van der Waals surface area contributed by atoms with Gasteiger partial charge in [0.15, 0.2) is 0 Å². The Kier molecular flexibility index (Phi) is 8.17. The molecule has 0 atom stereocenters. The number of anilines is 1. The highest BCUT2D eigenvalue weighted by molar-refractivity contribution is 5.94. The maximum absolute atomic E-state index is 11.8. The number of nitrogens with one attached hydrogen (secondary N) is 2. The van der Waals surface area contributed by atoms with Gasteiger partial charge in [0.2, 0.25) is 5.91 Å². The number of hydrogen-bond donors (Lipinski definition) is 2. The second kappa shape index (κ2) is 9.92. The topological polar surface area (TPSA) is 70.7 Å². The van der Waals surface area contributed by atoms with Gasteiger partial charge in [0.05, 0.1) is 12.7 Å². The van der Waals surface area contributed by atoms with E-state index >= 15 is 0 Å². The standard InChI is InChI=1S/C16H25N3O3/c1-19(2)11-5-9-17-10-8-15(20)18-14-7-4-6-13(12-14)16(21)22-3/h4,6-7,12,17H,5,8-11H2,1-3H3,(H,18,20). The summed E-state index contributed by atoms with van der Waals surface area (Å²) in [6.07, 6.45) is 1.44. The van der Waals surface area contributed by atoms with Crippen LogP contribution in [-0.4, -0.2) is 57.6 Å². The molecular weight excluding hydrogens is 282 g/mol. The van der Waals surface area contributed by atoms with Gasteiger partial charge < -0.3 is 20.3 Å². The summed E-state index contributed by atoms with van der Waals surface area (Å²) in [5, 5.41) is 6.01. The quantitative estimate of drug-likeness (QED) is 0.532. The molecule has 6 nitrogen and oxygen atoms in total. The molecule has 0 saturated heterocycles. The Morgan fingerprint density at radius 3 is 2.68 bits per heavy atom. The largest absolute Gasteiger partial charge is 0.465 e. The fourth-order valence-corrected chi connectivity index (χ4v) is 1.91. The van der Waals surface area contributed by atoms with Crippen molar-refractivity contribution in [3.8, 4) is 0 Å². The number of esters is 1. The van der Waals surface area contributed by atoms with Crippen molar-refractivity contribution in [2.75, 3.05) is 46.2 Å². The predicted molar refractivity (Wildman–Crippen MR) is 87.1 cm³/mol. The number of rotatable bonds is 9. The molecule has 0 aliphatic heterocycles. The molecule has 22 heavy (non-hydrogen) atoms. The Hall–Kier alpha value is -1.92. The van der Waals surface area contributed by atoms with E-state index < -0.39 is 5.97 Å². The SMILES string of the molecule is COC(=O)c1cccc(NC(=O)CCNCCCN(C)C)c1. The number of hydrogen-bond acceptors (Lipinski definition) is 5. The zero-order valence-electron chi connectivity index (χ0n) is 13.5. The molecule has 1 rings (SSSR count). The summed E-state index contributed by atoms with van der Waals surface area (Å²) in [6, 6.07) is 6.71. The van der Waals surface area contributed by atoms with Gasteiger partial charge in [-0.2, -0.15) is 0 Å². The van der Waals surface area contributed by atoms with Crippen LogP contribution in [0.25, 0.3) is 0 Å². The number of nitrogens with zero attached hydrogens (tertiary/aromatic N) is 1. The summed E-state index contributed by atoms with van der Waals surface area (Å²) in [5.74, 6) is -0.499. The molecule has 6 heteroatoms. The van der Waals surface area contributed by atoms with Crippen LogP contribution in [0.5, 0.6) is 0 Å². The van der Waals surface area contributed by atoms with Crippen LogP contribution in [0, 0.1) is 0 Å². The summed E-state index contributed by atoms with van der Waals surface area (Å²) in [6.45, 7) is 2.55. The molecule has 2 N–H and O–H groups in total. The van der Waals surface area contributed by atoms with E-state index in [4.69, 9.17) is 0 Å². The van der Waals surface area contributed by atoms with E-state index in [0.717, 1.165) is 19.5 Å². The first-order chi connectivity index (χ1) is 10.5. The zero-order chi connectivity index (χ0) is 16.4. The Morgan fingerprint density at radius 2 is 2.00 bits per heavy atom. The molecule has 1 amide bonds. The highest BCUT2D eigenvalue weighted by Gasteiger charge is 2.07. The number of carbonyl (C=O) groups excluding carboxylic acids is 2. The van der Waals surface area contributed by atoms with E-state index in [2.05, 4.69) is 20.3 Å². The van der Waals surface area contributed by atoms with E-state index in [0.29, 0.717) is 24.2 Å². The summed E-state index contributed by atoms with van der Waals surface area (Å²) in [5.41, 5.74) is 1.02. The molecule has 0 aliphatic carbocycles. The molecule has 0 bridgehead atoms. The van der Waals surface area contributed by atoms with E-state index in [1.807, 2.05) is 14.1 Å². The third-order valence-electron chi connectivity index (χ3n) is 3.06. The second-order valence-corrected chi connectivity index (χ2v) is 5.28. The number of carbonyl (C=O) groups is 2. The molecule has 0 aromatic heterocycles. The lowest BCUT2D eigenvalue weighted by molar-refractivity contribution is -0.116. The Labute approximate surface area is 131 Å². The highest BCUT2D eigenvalue weighted by Crippen LogP contribution is 2.11. The normalized spacial score (nSPS) is 10.5. The van der Waals surface area contributed by atoms with Gasteiger partial charge in [0.25, 0.3) is 0 Å². The molecule has 122 valence electrons. The Bertz CT molecular complexity index is 489. The lowest BCUT2D eigenvalue weighted by atomic mass is 10.2. The van der Waals surface area contributed by atoms with Crippen LogP contribution in [0.4, 0.5) is 5.69 Å². The van der Waals surface area contributed by atoms with Crippen molar-refractivity contribution in [1.29, 1.82) is 0 Å². The van der Waals surface area contributed by atoms with Gasteiger partial charge in [0, 0.05) is 18.7 Å². The molecule has 0 spiro atoms. The zero-order valence-corrected chi connectivity index (χ0v) is 13.5. The van der Waals surface area contributed by atoms with Crippen LogP contribution in [-0.2, 0) is 9.53 Å². The van der Waals surface area contributed by atoms with E-state index in [1.165, 1.54) is 7.11 Å². The molecular formula is C16H25N3O3. The molecule has 1 aromatic rings. The first kappa shape index (κ1) is 18.1. The third-order valence-corrected chi connectivity index (χ3v) is 3.06. The first-order valence-corrected chi connectivity index (χ1v) is 7.36. The second-order valence-electron chi connectivity index (χ2n) is 5.28. The minimum atomic E-state index is -0.418. The lowest BCUT2D eigenvalue weighted by Gasteiger charge is -2.10. The van der Waals surface area contributed by atoms with Crippen LogP contribution in [0.3, 0.4) is 0 Å². The van der Waals surface area contributed by atoms with Gasteiger partial charge in [0.1, 0.15) is 0 Å². The van der Waals surface area contributed by atoms with Crippen molar-refractivity contribution in [2.45, 2.75) is 12.8 Å². The molecule has 1 aromatic carbocycles. The molecule has 0 radical (unpaired) electrons. The summed E-state index contributed by atoms with van der Waals surface area (Å²) in [4.78, 5) is 25.4. The monoisotopic (exact) mass is 307 g/mol. The predicted octanol–water partition coefficient (Wildman–Crippen LogP) is 1.34. The third kappa shape index (κ3) is 7.19. The lowest BCUT2D eigenvalue weighted by Crippen LogP contribution is -2.25. The average Bonchev–Trinajstić information content (AvgIpc) is 2.50. The van der Waals surface area contributed by atoms with Crippen molar-refractivity contribution in [2.24, 2.45) is 0 Å². The number of amides is 1. The highest BCUT2D eigenvalue weighted by atomic mass is 16.5. The van der Waals surface area contributed by atoms with Crippen molar-refractivity contribution in [3.63, 3.8) is 0 Å². The minimum absolute atomic E-state index is 0.0814. The molecule has 0 unspecified atom stereocenters. The maximum atomic E-state index is 11.8. The summed E-state index contributed by atoms with van der Waals surface area (Å²) >= 11 is 0.